The summed E-state index contributed by atoms with van der Waals surface area (Å²) in [4.78, 5) is 27.4. The van der Waals surface area contributed by atoms with Crippen LogP contribution in [0.5, 0.6) is 11.5 Å². The zero-order valence-electron chi connectivity index (χ0n) is 24.0. The van der Waals surface area contributed by atoms with Gasteiger partial charge in [0.15, 0.2) is 0 Å². The lowest BCUT2D eigenvalue weighted by molar-refractivity contribution is -0.132. The zero-order valence-corrected chi connectivity index (χ0v) is 24.0. The average Bonchev–Trinajstić information content (AvgIpc) is 3.01. The van der Waals surface area contributed by atoms with Crippen molar-refractivity contribution in [1.29, 1.82) is 0 Å². The number of rotatable bonds is 14. The Bertz CT molecular complexity index is 1210. The molecule has 1 aliphatic rings. The molecule has 0 radical (unpaired) electrons. The topological polar surface area (TPSA) is 88.1 Å². The minimum absolute atomic E-state index is 0.0489. The van der Waals surface area contributed by atoms with Gasteiger partial charge < -0.3 is 24.8 Å². The molecule has 0 saturated carbocycles. The largest absolute Gasteiger partial charge is 0.494 e. The summed E-state index contributed by atoms with van der Waals surface area (Å²) in [6, 6.07) is 25.4. The van der Waals surface area contributed by atoms with Gasteiger partial charge in [0.2, 0.25) is 11.8 Å². The number of aliphatic hydroxyl groups excluding tert-OH is 1. The van der Waals surface area contributed by atoms with Crippen molar-refractivity contribution in [3.8, 4) is 11.5 Å². The smallest absolute Gasteiger partial charge is 0.222 e. The van der Waals surface area contributed by atoms with Crippen molar-refractivity contribution in [3.05, 3.63) is 95.6 Å². The highest BCUT2D eigenvalue weighted by Gasteiger charge is 2.25. The molecule has 7 heteroatoms. The van der Waals surface area contributed by atoms with Crippen molar-refractivity contribution in [3.63, 3.8) is 0 Å². The lowest BCUT2D eigenvalue weighted by Gasteiger charge is -2.32. The fourth-order valence-corrected chi connectivity index (χ4v) is 5.17. The van der Waals surface area contributed by atoms with Crippen LogP contribution in [0, 0.1) is 5.92 Å². The van der Waals surface area contributed by atoms with Gasteiger partial charge >= 0.3 is 0 Å². The van der Waals surface area contributed by atoms with Gasteiger partial charge in [-0.25, -0.2) is 0 Å². The Hall–Kier alpha value is -3.84. The van der Waals surface area contributed by atoms with E-state index in [9.17, 15) is 14.7 Å². The second kappa shape index (κ2) is 15.8. The molecule has 0 bridgehead atoms. The zero-order chi connectivity index (χ0) is 28.9. The first-order valence-corrected chi connectivity index (χ1v) is 14.7. The van der Waals surface area contributed by atoms with Crippen LogP contribution >= 0.6 is 0 Å². The van der Waals surface area contributed by atoms with Crippen LogP contribution in [0.1, 0.15) is 49.3 Å². The molecule has 1 saturated heterocycles. The molecular formula is C34H42N2O5. The Morgan fingerprint density at radius 3 is 2.15 bits per heavy atom. The Kier molecular flexibility index (Phi) is 11.6. The maximum atomic E-state index is 12.8. The molecule has 41 heavy (non-hydrogen) atoms. The molecule has 218 valence electrons. The van der Waals surface area contributed by atoms with Gasteiger partial charge in [0, 0.05) is 25.9 Å². The second-order valence-electron chi connectivity index (χ2n) is 10.7. The number of carbonyl (C=O) groups excluding carboxylic acids is 2. The maximum Gasteiger partial charge on any atom is 0.222 e. The van der Waals surface area contributed by atoms with Crippen molar-refractivity contribution in [2.24, 2.45) is 5.92 Å². The number of aryl methyl sites for hydroxylation is 1. The molecule has 3 aromatic rings. The first kappa shape index (κ1) is 30.1. The fourth-order valence-electron chi connectivity index (χ4n) is 5.17. The van der Waals surface area contributed by atoms with E-state index in [1.165, 1.54) is 0 Å². The van der Waals surface area contributed by atoms with Crippen LogP contribution in [0.25, 0.3) is 0 Å². The molecule has 0 spiro atoms. The standard InChI is InChI=1S/C34H42N2O5/c1-2-40-31-13-8-26(9-14-31)12-17-34(39)36-20-18-28(19-21-36)23-33(38)35-30(24-37)22-27-10-15-32(16-11-27)41-25-29-6-4-3-5-7-29/h3-11,13-16,28,30,37H,2,12,17-25H2,1H3,(H,35,38)/t30-/m0/s1. The third-order valence-corrected chi connectivity index (χ3v) is 7.54. The highest BCUT2D eigenvalue weighted by atomic mass is 16.5. The van der Waals surface area contributed by atoms with Gasteiger partial charge in [0.1, 0.15) is 18.1 Å². The average molecular weight is 559 g/mol. The monoisotopic (exact) mass is 558 g/mol. The van der Waals surface area contributed by atoms with Crippen molar-refractivity contribution in [2.45, 2.75) is 58.1 Å². The molecular weight excluding hydrogens is 516 g/mol. The van der Waals surface area contributed by atoms with Crippen LogP contribution in [0.3, 0.4) is 0 Å². The number of nitrogens with one attached hydrogen (secondary N) is 1. The van der Waals surface area contributed by atoms with Crippen molar-refractivity contribution >= 4 is 11.8 Å². The highest BCUT2D eigenvalue weighted by Crippen LogP contribution is 2.22. The molecule has 3 aromatic carbocycles. The van der Waals surface area contributed by atoms with E-state index < -0.39 is 0 Å². The third kappa shape index (κ3) is 9.94. The van der Waals surface area contributed by atoms with Crippen LogP contribution in [0.15, 0.2) is 78.9 Å². The molecule has 1 heterocycles. The normalized spacial score (nSPS) is 14.3. The Balaban J connectivity index is 1.14. The number of aliphatic hydroxyl groups is 1. The Morgan fingerprint density at radius 2 is 1.51 bits per heavy atom. The summed E-state index contributed by atoms with van der Waals surface area (Å²) >= 11 is 0. The number of carbonyl (C=O) groups is 2. The van der Waals surface area contributed by atoms with E-state index in [4.69, 9.17) is 9.47 Å². The SMILES string of the molecule is CCOc1ccc(CCC(=O)N2CCC(CC(=O)N[C@H](CO)Cc3ccc(OCc4ccccc4)cc3)CC2)cc1. The number of hydrogen-bond donors (Lipinski definition) is 2. The fraction of sp³-hybridized carbons (Fsp3) is 0.412. The molecule has 2 N–H and O–H groups in total. The van der Waals surface area contributed by atoms with Crippen LogP contribution < -0.4 is 14.8 Å². The summed E-state index contributed by atoms with van der Waals surface area (Å²) in [7, 11) is 0. The van der Waals surface area contributed by atoms with E-state index in [0.29, 0.717) is 52.0 Å². The van der Waals surface area contributed by atoms with Crippen molar-refractivity contribution < 1.29 is 24.2 Å². The van der Waals surface area contributed by atoms with E-state index in [1.54, 1.807) is 0 Å². The van der Waals surface area contributed by atoms with E-state index in [-0.39, 0.29) is 30.4 Å². The predicted octanol–water partition coefficient (Wildman–Crippen LogP) is 4.95. The minimum atomic E-state index is -0.345. The highest BCUT2D eigenvalue weighted by molar-refractivity contribution is 5.77. The number of hydrogen-bond acceptors (Lipinski definition) is 5. The van der Waals surface area contributed by atoms with Crippen LogP contribution in [0.4, 0.5) is 0 Å². The molecule has 0 aliphatic carbocycles. The molecule has 0 unspecified atom stereocenters. The number of amides is 2. The molecule has 7 nitrogen and oxygen atoms in total. The van der Waals surface area contributed by atoms with Gasteiger partial charge in [-0.15, -0.1) is 0 Å². The summed E-state index contributed by atoms with van der Waals surface area (Å²) in [6.45, 7) is 4.34. The van der Waals surface area contributed by atoms with E-state index in [0.717, 1.165) is 41.0 Å². The van der Waals surface area contributed by atoms with Gasteiger partial charge in [-0.1, -0.05) is 54.6 Å². The quantitative estimate of drug-likeness (QED) is 0.293. The summed E-state index contributed by atoms with van der Waals surface area (Å²) in [5.41, 5.74) is 3.25. The van der Waals surface area contributed by atoms with E-state index in [1.807, 2.05) is 90.7 Å². The van der Waals surface area contributed by atoms with Gasteiger partial charge in [-0.3, -0.25) is 9.59 Å². The Labute approximate surface area is 243 Å². The van der Waals surface area contributed by atoms with E-state index in [2.05, 4.69) is 5.32 Å². The first-order valence-electron chi connectivity index (χ1n) is 14.7. The number of piperidine rings is 1. The molecule has 1 fully saturated rings. The number of ether oxygens (including phenoxy) is 2. The van der Waals surface area contributed by atoms with Crippen molar-refractivity contribution in [1.82, 2.24) is 10.2 Å². The van der Waals surface area contributed by atoms with Gasteiger partial charge in [0.25, 0.3) is 0 Å². The molecule has 4 rings (SSSR count). The third-order valence-electron chi connectivity index (χ3n) is 7.54. The number of nitrogens with zero attached hydrogens (tertiary/aromatic N) is 1. The van der Waals surface area contributed by atoms with Gasteiger partial charge in [-0.2, -0.15) is 0 Å². The lowest BCUT2D eigenvalue weighted by Crippen LogP contribution is -2.42. The number of benzene rings is 3. The molecule has 1 aliphatic heterocycles. The Morgan fingerprint density at radius 1 is 0.878 bits per heavy atom. The summed E-state index contributed by atoms with van der Waals surface area (Å²) in [5, 5.41) is 12.9. The van der Waals surface area contributed by atoms with Crippen LogP contribution in [0.2, 0.25) is 0 Å². The second-order valence-corrected chi connectivity index (χ2v) is 10.7. The minimum Gasteiger partial charge on any atom is -0.494 e. The summed E-state index contributed by atoms with van der Waals surface area (Å²) in [5.74, 6) is 1.98. The maximum absolute atomic E-state index is 12.8. The number of likely N-dealkylation sites (tertiary alicyclic amines) is 1. The van der Waals surface area contributed by atoms with Gasteiger partial charge in [0.05, 0.1) is 19.3 Å². The first-order chi connectivity index (χ1) is 20.0. The lowest BCUT2D eigenvalue weighted by atomic mass is 9.92. The summed E-state index contributed by atoms with van der Waals surface area (Å²) in [6.07, 6.45) is 3.78. The molecule has 2 amide bonds. The van der Waals surface area contributed by atoms with Crippen LogP contribution in [-0.2, 0) is 29.0 Å². The van der Waals surface area contributed by atoms with E-state index >= 15 is 0 Å². The van der Waals surface area contributed by atoms with Crippen LogP contribution in [-0.4, -0.2) is 54.2 Å². The molecule has 1 atom stereocenters. The predicted molar refractivity (Wildman–Crippen MR) is 160 cm³/mol. The van der Waals surface area contributed by atoms with Crippen molar-refractivity contribution in [2.75, 3.05) is 26.3 Å². The van der Waals surface area contributed by atoms with Gasteiger partial charge in [-0.05, 0) is 79.5 Å². The summed E-state index contributed by atoms with van der Waals surface area (Å²) < 4.78 is 11.3. The molecule has 0 aromatic heterocycles.